The van der Waals surface area contributed by atoms with Crippen LogP contribution < -0.4 is 49.9 Å². The predicted molar refractivity (Wildman–Crippen MR) is 228 cm³/mol. The number of carbonyl (C=O) groups is 8. The van der Waals surface area contributed by atoms with Crippen LogP contribution in [0.25, 0.3) is 0 Å². The molecule has 0 saturated heterocycles. The largest absolute Gasteiger partial charge is 0.370 e. The molecule has 8 amide bonds. The number of amides is 8. The second-order valence-electron chi connectivity index (χ2n) is 14.5. The molecule has 0 aliphatic rings. The number of unbranched alkanes of at least 4 members (excludes halogenated alkanes) is 1. The van der Waals surface area contributed by atoms with E-state index < -0.39 is 79.1 Å². The molecule has 0 saturated carbocycles. The van der Waals surface area contributed by atoms with Crippen LogP contribution >= 0.6 is 0 Å². The lowest BCUT2D eigenvalue weighted by atomic mass is 10.1. The number of nitrogens with zero attached hydrogens (tertiary/aromatic N) is 3. The zero-order chi connectivity index (χ0) is 45.2. The summed E-state index contributed by atoms with van der Waals surface area (Å²) < 4.78 is 0. The number of carbonyl (C=O) groups excluding carboxylic acids is 8. The molecule has 2 aromatic rings. The molecule has 61 heavy (non-hydrogen) atoms. The molecular formula is C41H64N12O8. The van der Waals surface area contributed by atoms with Crippen molar-refractivity contribution < 1.29 is 38.4 Å². The van der Waals surface area contributed by atoms with Crippen molar-refractivity contribution in [3.63, 3.8) is 0 Å². The molecule has 0 aliphatic heterocycles. The van der Waals surface area contributed by atoms with E-state index >= 15 is 0 Å². The van der Waals surface area contributed by atoms with Crippen LogP contribution in [-0.4, -0.2) is 152 Å². The normalized spacial score (nSPS) is 12.2. The molecule has 0 spiro atoms. The molecule has 0 fully saturated rings. The first-order valence-corrected chi connectivity index (χ1v) is 20.3. The number of hydrogen-bond donors (Lipinski definition) is 9. The summed E-state index contributed by atoms with van der Waals surface area (Å²) in [5.74, 6) is -4.25. The smallest absolute Gasteiger partial charge is 0.240 e. The Morgan fingerprint density at radius 2 is 0.918 bits per heavy atom. The molecule has 20 nitrogen and oxygen atoms in total. The maximum Gasteiger partial charge on any atom is 0.240 e. The van der Waals surface area contributed by atoms with E-state index in [-0.39, 0.29) is 71.0 Å². The monoisotopic (exact) mass is 852 g/mol. The Labute approximate surface area is 357 Å². The fourth-order valence-corrected chi connectivity index (χ4v) is 6.09. The van der Waals surface area contributed by atoms with Gasteiger partial charge in [-0.2, -0.15) is 0 Å². The van der Waals surface area contributed by atoms with Crippen molar-refractivity contribution in [3.05, 3.63) is 71.8 Å². The zero-order valence-corrected chi connectivity index (χ0v) is 35.0. The van der Waals surface area contributed by atoms with Gasteiger partial charge in [0.2, 0.25) is 47.3 Å². The Hall–Kier alpha value is -5.96. The summed E-state index contributed by atoms with van der Waals surface area (Å²) in [7, 11) is 0. The first kappa shape index (κ1) is 51.2. The number of rotatable bonds is 29. The molecule has 3 atom stereocenters. The summed E-state index contributed by atoms with van der Waals surface area (Å²) in [6.45, 7) is 0.0964. The fourth-order valence-electron chi connectivity index (χ4n) is 6.09. The highest BCUT2D eigenvalue weighted by molar-refractivity contribution is 5.90. The SMILES string of the molecule is CC(=O)NCCN(CC(=O)NCCN(CC(=O)NCCN(CC(=O)NCCC(N)=O)C(=O)[C@@H](N)CCCCN)C(=O)[C@@H](N)Cc1ccccc1)C(=O)[C@@H](N)Cc1ccccc1. The lowest BCUT2D eigenvalue weighted by molar-refractivity contribution is -0.138. The molecule has 0 aromatic heterocycles. The highest BCUT2D eigenvalue weighted by atomic mass is 16.2. The molecule has 336 valence electrons. The van der Waals surface area contributed by atoms with Gasteiger partial charge in [-0.05, 0) is 43.4 Å². The molecule has 0 bridgehead atoms. The van der Waals surface area contributed by atoms with Crippen molar-refractivity contribution in [1.82, 2.24) is 36.0 Å². The molecule has 20 heteroatoms. The minimum atomic E-state index is -1.04. The van der Waals surface area contributed by atoms with Crippen molar-refractivity contribution in [2.75, 3.05) is 72.0 Å². The first-order valence-electron chi connectivity index (χ1n) is 20.3. The summed E-state index contributed by atoms with van der Waals surface area (Å²) in [5, 5.41) is 10.5. The second-order valence-corrected chi connectivity index (χ2v) is 14.5. The van der Waals surface area contributed by atoms with Crippen molar-refractivity contribution in [2.24, 2.45) is 28.7 Å². The third-order valence-corrected chi connectivity index (χ3v) is 9.31. The summed E-state index contributed by atoms with van der Waals surface area (Å²) >= 11 is 0. The van der Waals surface area contributed by atoms with Crippen molar-refractivity contribution in [3.8, 4) is 0 Å². The van der Waals surface area contributed by atoms with Gasteiger partial charge in [0.15, 0.2) is 0 Å². The third-order valence-electron chi connectivity index (χ3n) is 9.31. The molecule has 0 unspecified atom stereocenters. The number of benzene rings is 2. The Kier molecular flexibility index (Phi) is 23.9. The van der Waals surface area contributed by atoms with Gasteiger partial charge >= 0.3 is 0 Å². The van der Waals surface area contributed by atoms with E-state index in [1.165, 1.54) is 21.6 Å². The Bertz CT molecular complexity index is 1720. The van der Waals surface area contributed by atoms with Crippen LogP contribution in [0.3, 0.4) is 0 Å². The van der Waals surface area contributed by atoms with E-state index in [9.17, 15) is 38.4 Å². The molecule has 0 aliphatic carbocycles. The van der Waals surface area contributed by atoms with Crippen LogP contribution in [0.1, 0.15) is 43.7 Å². The summed E-state index contributed by atoms with van der Waals surface area (Å²) in [4.78, 5) is 106. The van der Waals surface area contributed by atoms with Crippen LogP contribution in [0.15, 0.2) is 60.7 Å². The molecule has 2 aromatic carbocycles. The van der Waals surface area contributed by atoms with Gasteiger partial charge in [0, 0.05) is 59.2 Å². The summed E-state index contributed by atoms with van der Waals surface area (Å²) in [6, 6.07) is 15.3. The summed E-state index contributed by atoms with van der Waals surface area (Å²) in [5.41, 5.74) is 31.0. The van der Waals surface area contributed by atoms with E-state index in [1.54, 1.807) is 12.1 Å². The minimum Gasteiger partial charge on any atom is -0.370 e. The molecule has 14 N–H and O–H groups in total. The second kappa shape index (κ2) is 28.5. The molecule has 0 heterocycles. The minimum absolute atomic E-state index is 0.0106. The molecule has 0 radical (unpaired) electrons. The fraction of sp³-hybridized carbons (Fsp3) is 0.512. The van der Waals surface area contributed by atoms with Crippen LogP contribution in [-0.2, 0) is 51.2 Å². The highest BCUT2D eigenvalue weighted by Crippen LogP contribution is 2.07. The van der Waals surface area contributed by atoms with E-state index in [2.05, 4.69) is 21.3 Å². The van der Waals surface area contributed by atoms with Gasteiger partial charge in [0.05, 0.1) is 37.8 Å². The summed E-state index contributed by atoms with van der Waals surface area (Å²) in [6.07, 6.45) is 1.87. The highest BCUT2D eigenvalue weighted by Gasteiger charge is 2.27. The van der Waals surface area contributed by atoms with Gasteiger partial charge in [0.1, 0.15) is 0 Å². The van der Waals surface area contributed by atoms with Crippen molar-refractivity contribution >= 4 is 47.3 Å². The average Bonchev–Trinajstić information content (AvgIpc) is 3.22. The van der Waals surface area contributed by atoms with Gasteiger partial charge in [-0.1, -0.05) is 67.1 Å². The van der Waals surface area contributed by atoms with E-state index in [1.807, 2.05) is 48.5 Å². The number of primary amides is 1. The lowest BCUT2D eigenvalue weighted by Crippen LogP contribution is -2.53. The molecule has 2 rings (SSSR count). The molecular weight excluding hydrogens is 789 g/mol. The Morgan fingerprint density at radius 1 is 0.541 bits per heavy atom. The van der Waals surface area contributed by atoms with Crippen molar-refractivity contribution in [2.45, 2.75) is 63.6 Å². The van der Waals surface area contributed by atoms with Crippen LogP contribution in [0.4, 0.5) is 0 Å². The van der Waals surface area contributed by atoms with Crippen molar-refractivity contribution in [1.29, 1.82) is 0 Å². The topological polar surface area (TPSA) is 324 Å². The van der Waals surface area contributed by atoms with Gasteiger partial charge in [-0.15, -0.1) is 0 Å². The number of nitrogens with two attached hydrogens (primary N) is 5. The Balaban J connectivity index is 2.13. The maximum absolute atomic E-state index is 13.7. The van der Waals surface area contributed by atoms with Gasteiger partial charge in [-0.3, -0.25) is 38.4 Å². The Morgan fingerprint density at radius 3 is 1.30 bits per heavy atom. The number of hydrogen-bond acceptors (Lipinski definition) is 12. The van der Waals surface area contributed by atoms with E-state index in [4.69, 9.17) is 28.7 Å². The van der Waals surface area contributed by atoms with Crippen LogP contribution in [0.5, 0.6) is 0 Å². The van der Waals surface area contributed by atoms with Gasteiger partial charge in [-0.25, -0.2) is 0 Å². The van der Waals surface area contributed by atoms with Crippen LogP contribution in [0, 0.1) is 0 Å². The van der Waals surface area contributed by atoms with E-state index in [0.29, 0.717) is 25.8 Å². The standard InChI is InChI=1S/C41H64N12O8/c1-29(54)47-18-21-52(40(60)33(44)24-30-10-4-2-5-11-30)27-37(57)50-20-23-53(41(61)34(45)25-31-12-6-3-7-13-31)28-38(58)49-19-22-51(26-36(56)48-17-15-35(46)55)39(59)32(43)14-8-9-16-42/h2-7,10-13,32-34H,8-9,14-28,42-45H2,1H3,(H2,46,55)(H,47,54)(H,48,56)(H,49,58)(H,50,57)/t32-,33-,34-/m0/s1. The van der Waals surface area contributed by atoms with E-state index in [0.717, 1.165) is 11.1 Å². The first-order chi connectivity index (χ1) is 29.1. The zero-order valence-electron chi connectivity index (χ0n) is 35.0. The maximum atomic E-state index is 13.7. The number of nitrogens with one attached hydrogen (secondary N) is 4. The predicted octanol–water partition coefficient (Wildman–Crippen LogP) is -3.57. The third kappa shape index (κ3) is 21.2. The quantitative estimate of drug-likeness (QED) is 0.0359. The van der Waals surface area contributed by atoms with Crippen LogP contribution in [0.2, 0.25) is 0 Å². The van der Waals surface area contributed by atoms with Gasteiger partial charge < -0.3 is 64.6 Å². The average molecular weight is 853 g/mol. The van der Waals surface area contributed by atoms with Gasteiger partial charge in [0.25, 0.3) is 0 Å². The lowest BCUT2D eigenvalue weighted by Gasteiger charge is -2.28.